The van der Waals surface area contributed by atoms with Gasteiger partial charge in [-0.3, -0.25) is 10.1 Å². The third kappa shape index (κ3) is 5.08. The maximum Gasteiger partial charge on any atom is 0.230 e. The molecule has 1 amide bonds. The maximum absolute atomic E-state index is 12.2. The van der Waals surface area contributed by atoms with Crippen LogP contribution in [-0.4, -0.2) is 23.0 Å². The third-order valence-corrected chi connectivity index (χ3v) is 4.35. The van der Waals surface area contributed by atoms with Crippen molar-refractivity contribution in [1.82, 2.24) is 9.97 Å². The van der Waals surface area contributed by atoms with Crippen molar-refractivity contribution < 1.29 is 9.53 Å². The summed E-state index contributed by atoms with van der Waals surface area (Å²) in [5, 5.41) is 3.47. The van der Waals surface area contributed by atoms with Crippen LogP contribution < -0.4 is 10.1 Å². The Morgan fingerprint density at radius 1 is 1.00 bits per heavy atom. The highest BCUT2D eigenvalue weighted by molar-refractivity contribution is 6.30. The van der Waals surface area contributed by atoms with Crippen molar-refractivity contribution in [3.63, 3.8) is 0 Å². The number of hydrogen-bond acceptors (Lipinski definition) is 4. The molecule has 0 bridgehead atoms. The normalized spacial score (nSPS) is 10.8. The molecule has 0 radical (unpaired) electrons. The standard InChI is InChI=1S/C22H22ClN3O2/c1-14(2)12-21(27)26-22-24-19(15-4-8-17(23)9-5-15)13-20(25-22)16-6-10-18(28-3)11-7-16/h4-11,13-14H,12H2,1-3H3,(H,24,25,26,27). The maximum atomic E-state index is 12.2. The molecule has 0 atom stereocenters. The molecular formula is C22H22ClN3O2. The van der Waals surface area contributed by atoms with E-state index in [9.17, 15) is 4.79 Å². The number of hydrogen-bond donors (Lipinski definition) is 1. The van der Waals surface area contributed by atoms with E-state index in [2.05, 4.69) is 15.3 Å². The van der Waals surface area contributed by atoms with Crippen LogP contribution >= 0.6 is 11.6 Å². The van der Waals surface area contributed by atoms with Crippen molar-refractivity contribution in [2.24, 2.45) is 5.92 Å². The Hall–Kier alpha value is -2.92. The van der Waals surface area contributed by atoms with Crippen molar-refractivity contribution in [3.8, 4) is 28.3 Å². The number of aromatic nitrogens is 2. The number of benzene rings is 2. The first-order valence-electron chi connectivity index (χ1n) is 9.04. The lowest BCUT2D eigenvalue weighted by Crippen LogP contribution is -2.16. The fourth-order valence-electron chi connectivity index (χ4n) is 2.73. The average molecular weight is 396 g/mol. The lowest BCUT2D eigenvalue weighted by atomic mass is 10.1. The molecule has 6 heteroatoms. The molecule has 1 heterocycles. The van der Waals surface area contributed by atoms with Gasteiger partial charge in [-0.25, -0.2) is 9.97 Å². The van der Waals surface area contributed by atoms with Crippen LogP contribution in [0.2, 0.25) is 5.02 Å². The summed E-state index contributed by atoms with van der Waals surface area (Å²) < 4.78 is 5.22. The Morgan fingerprint density at radius 3 is 2.04 bits per heavy atom. The summed E-state index contributed by atoms with van der Waals surface area (Å²) in [5.41, 5.74) is 3.21. The fraction of sp³-hybridized carbons (Fsp3) is 0.227. The fourth-order valence-corrected chi connectivity index (χ4v) is 2.85. The van der Waals surface area contributed by atoms with Crippen LogP contribution in [0.15, 0.2) is 54.6 Å². The highest BCUT2D eigenvalue weighted by Gasteiger charge is 2.12. The van der Waals surface area contributed by atoms with E-state index in [1.54, 1.807) is 7.11 Å². The van der Waals surface area contributed by atoms with Crippen LogP contribution in [0.3, 0.4) is 0 Å². The molecule has 0 aliphatic carbocycles. The largest absolute Gasteiger partial charge is 0.497 e. The van der Waals surface area contributed by atoms with Gasteiger partial charge in [0, 0.05) is 22.6 Å². The molecule has 1 aromatic heterocycles. The highest BCUT2D eigenvalue weighted by Crippen LogP contribution is 2.27. The van der Waals surface area contributed by atoms with Gasteiger partial charge in [-0.05, 0) is 48.4 Å². The number of anilines is 1. The van der Waals surface area contributed by atoms with Crippen LogP contribution in [0.4, 0.5) is 5.95 Å². The van der Waals surface area contributed by atoms with E-state index in [0.29, 0.717) is 22.8 Å². The average Bonchev–Trinajstić information content (AvgIpc) is 2.67. The van der Waals surface area contributed by atoms with Gasteiger partial charge in [0.2, 0.25) is 11.9 Å². The number of methoxy groups -OCH3 is 1. The zero-order valence-corrected chi connectivity index (χ0v) is 16.8. The van der Waals surface area contributed by atoms with Gasteiger partial charge >= 0.3 is 0 Å². The molecule has 0 fully saturated rings. The number of ether oxygens (including phenoxy) is 1. The smallest absolute Gasteiger partial charge is 0.230 e. The Bertz CT molecular complexity index is 955. The van der Waals surface area contributed by atoms with E-state index < -0.39 is 0 Å². The number of nitrogens with zero attached hydrogens (tertiary/aromatic N) is 2. The Balaban J connectivity index is 2.02. The van der Waals surface area contributed by atoms with E-state index in [1.807, 2.05) is 68.4 Å². The lowest BCUT2D eigenvalue weighted by molar-refractivity contribution is -0.116. The summed E-state index contributed by atoms with van der Waals surface area (Å²) >= 11 is 6.00. The minimum absolute atomic E-state index is 0.107. The summed E-state index contributed by atoms with van der Waals surface area (Å²) in [6, 6.07) is 16.9. The van der Waals surface area contributed by atoms with E-state index >= 15 is 0 Å². The Morgan fingerprint density at radius 2 is 1.54 bits per heavy atom. The SMILES string of the molecule is COc1ccc(-c2cc(-c3ccc(Cl)cc3)nc(NC(=O)CC(C)C)n2)cc1. The van der Waals surface area contributed by atoms with Crippen LogP contribution in [0.5, 0.6) is 5.75 Å². The van der Waals surface area contributed by atoms with Crippen molar-refractivity contribution >= 4 is 23.5 Å². The first-order chi connectivity index (χ1) is 13.4. The highest BCUT2D eigenvalue weighted by atomic mass is 35.5. The predicted molar refractivity (Wildman–Crippen MR) is 113 cm³/mol. The third-order valence-electron chi connectivity index (χ3n) is 4.10. The number of carbonyl (C=O) groups is 1. The molecular weight excluding hydrogens is 374 g/mol. The van der Waals surface area contributed by atoms with Gasteiger partial charge in [0.25, 0.3) is 0 Å². The molecule has 0 spiro atoms. The molecule has 0 aliphatic rings. The summed E-state index contributed by atoms with van der Waals surface area (Å²) in [5.74, 6) is 1.19. The number of nitrogens with one attached hydrogen (secondary N) is 1. The zero-order valence-electron chi connectivity index (χ0n) is 16.1. The van der Waals surface area contributed by atoms with E-state index in [1.165, 1.54) is 0 Å². The molecule has 3 aromatic rings. The van der Waals surface area contributed by atoms with Gasteiger partial charge in [0.05, 0.1) is 18.5 Å². The molecule has 2 aromatic carbocycles. The second-order valence-corrected chi connectivity index (χ2v) is 7.28. The van der Waals surface area contributed by atoms with Crippen molar-refractivity contribution in [2.45, 2.75) is 20.3 Å². The molecule has 0 saturated carbocycles. The molecule has 5 nitrogen and oxygen atoms in total. The summed E-state index contributed by atoms with van der Waals surface area (Å²) in [4.78, 5) is 21.3. The van der Waals surface area contributed by atoms with Gasteiger partial charge in [0.1, 0.15) is 5.75 Å². The van der Waals surface area contributed by atoms with Crippen LogP contribution in [-0.2, 0) is 4.79 Å². The zero-order chi connectivity index (χ0) is 20.1. The Labute approximate surface area is 169 Å². The number of halogens is 1. The first-order valence-corrected chi connectivity index (χ1v) is 9.41. The van der Waals surface area contributed by atoms with Crippen LogP contribution in [0, 0.1) is 5.92 Å². The van der Waals surface area contributed by atoms with E-state index in [4.69, 9.17) is 16.3 Å². The van der Waals surface area contributed by atoms with Crippen molar-refractivity contribution in [2.75, 3.05) is 12.4 Å². The number of carbonyl (C=O) groups excluding carboxylic acids is 1. The Kier molecular flexibility index (Phi) is 6.26. The van der Waals surface area contributed by atoms with Crippen molar-refractivity contribution in [3.05, 3.63) is 59.6 Å². The number of amides is 1. The monoisotopic (exact) mass is 395 g/mol. The van der Waals surface area contributed by atoms with E-state index in [0.717, 1.165) is 16.9 Å². The molecule has 3 rings (SSSR count). The summed E-state index contributed by atoms with van der Waals surface area (Å²) in [6.45, 7) is 3.99. The minimum Gasteiger partial charge on any atom is -0.497 e. The first kappa shape index (κ1) is 19.8. The van der Waals surface area contributed by atoms with Gasteiger partial charge in [-0.2, -0.15) is 0 Å². The van der Waals surface area contributed by atoms with Crippen LogP contribution in [0.25, 0.3) is 22.5 Å². The topological polar surface area (TPSA) is 64.1 Å². The molecule has 1 N–H and O–H groups in total. The number of rotatable bonds is 6. The molecule has 28 heavy (non-hydrogen) atoms. The molecule has 0 saturated heterocycles. The summed E-state index contributed by atoms with van der Waals surface area (Å²) in [6.07, 6.45) is 0.409. The summed E-state index contributed by atoms with van der Waals surface area (Å²) in [7, 11) is 1.63. The molecule has 0 unspecified atom stereocenters. The van der Waals surface area contributed by atoms with Crippen LogP contribution in [0.1, 0.15) is 20.3 Å². The minimum atomic E-state index is -0.107. The predicted octanol–water partition coefficient (Wildman–Crippen LogP) is 5.46. The van der Waals surface area contributed by atoms with Gasteiger partial charge < -0.3 is 4.74 Å². The van der Waals surface area contributed by atoms with Crippen molar-refractivity contribution in [1.29, 1.82) is 0 Å². The van der Waals surface area contributed by atoms with Gasteiger partial charge in [-0.15, -0.1) is 0 Å². The molecule has 144 valence electrons. The van der Waals surface area contributed by atoms with E-state index in [-0.39, 0.29) is 17.8 Å². The van der Waals surface area contributed by atoms with Gasteiger partial charge in [0.15, 0.2) is 0 Å². The second-order valence-electron chi connectivity index (χ2n) is 6.84. The lowest BCUT2D eigenvalue weighted by Gasteiger charge is -2.11. The molecule has 0 aliphatic heterocycles. The quantitative estimate of drug-likeness (QED) is 0.602. The van der Waals surface area contributed by atoms with Gasteiger partial charge in [-0.1, -0.05) is 37.6 Å². The second kappa shape index (κ2) is 8.85.